The number of hydrogen-bond acceptors (Lipinski definition) is 1. The Morgan fingerprint density at radius 3 is 2.50 bits per heavy atom. The Hall–Kier alpha value is -0.630. The summed E-state index contributed by atoms with van der Waals surface area (Å²) in [5.74, 6) is -0.250. The molecule has 0 atom stereocenters. The molecule has 0 spiro atoms. The third kappa shape index (κ3) is 3.56. The van der Waals surface area contributed by atoms with E-state index in [1.54, 1.807) is 0 Å². The number of hydrogen-bond donors (Lipinski definition) is 1. The van der Waals surface area contributed by atoms with Gasteiger partial charge in [-0.25, -0.2) is 4.39 Å². The maximum Gasteiger partial charge on any atom is 0.0971 e. The van der Waals surface area contributed by atoms with Crippen LogP contribution in [0, 0.1) is 0 Å². The molecule has 46 valence electrons. The normalized spacial score (nSPS) is 11.6. The zero-order chi connectivity index (χ0) is 6.57. The molecule has 0 saturated heterocycles. The summed E-state index contributed by atoms with van der Waals surface area (Å²) in [5, 5.41) is 0. The van der Waals surface area contributed by atoms with E-state index < -0.39 is 0 Å². The van der Waals surface area contributed by atoms with Gasteiger partial charge in [0.15, 0.2) is 0 Å². The predicted octanol–water partition coefficient (Wildman–Crippen LogP) is 1.37. The summed E-state index contributed by atoms with van der Waals surface area (Å²) in [6.45, 7) is 5.15. The highest BCUT2D eigenvalue weighted by Crippen LogP contribution is 1.97. The zero-order valence-electron chi connectivity index (χ0n) is 4.95. The SMILES string of the molecule is C=C(C=C(C)F)CN. The second-order valence-electron chi connectivity index (χ2n) is 1.59. The molecule has 0 unspecified atom stereocenters. The van der Waals surface area contributed by atoms with Crippen LogP contribution in [0.25, 0.3) is 0 Å². The Labute approximate surface area is 48.7 Å². The van der Waals surface area contributed by atoms with Crippen molar-refractivity contribution in [1.29, 1.82) is 0 Å². The summed E-state index contributed by atoms with van der Waals surface area (Å²) in [4.78, 5) is 0. The van der Waals surface area contributed by atoms with Gasteiger partial charge in [-0.05, 0) is 18.6 Å². The van der Waals surface area contributed by atoms with E-state index in [0.29, 0.717) is 12.1 Å². The maximum atomic E-state index is 11.9. The van der Waals surface area contributed by atoms with Crippen LogP contribution in [0.2, 0.25) is 0 Å². The lowest BCUT2D eigenvalue weighted by Gasteiger charge is -1.89. The van der Waals surface area contributed by atoms with Gasteiger partial charge in [-0.15, -0.1) is 0 Å². The van der Waals surface area contributed by atoms with E-state index in [2.05, 4.69) is 6.58 Å². The van der Waals surface area contributed by atoms with Crippen LogP contribution in [0.15, 0.2) is 24.1 Å². The summed E-state index contributed by atoms with van der Waals surface area (Å²) < 4.78 is 11.9. The van der Waals surface area contributed by atoms with Gasteiger partial charge < -0.3 is 5.73 Å². The van der Waals surface area contributed by atoms with Crippen LogP contribution in [0.4, 0.5) is 4.39 Å². The molecule has 0 aliphatic carbocycles. The average molecular weight is 115 g/mol. The summed E-state index contributed by atoms with van der Waals surface area (Å²) in [5.41, 5.74) is 5.73. The quantitative estimate of drug-likeness (QED) is 0.540. The Morgan fingerprint density at radius 1 is 1.88 bits per heavy atom. The van der Waals surface area contributed by atoms with Crippen molar-refractivity contribution in [1.82, 2.24) is 0 Å². The average Bonchev–Trinajstić information content (AvgIpc) is 1.65. The summed E-state index contributed by atoms with van der Waals surface area (Å²) in [6, 6.07) is 0. The smallest absolute Gasteiger partial charge is 0.0971 e. The zero-order valence-corrected chi connectivity index (χ0v) is 4.95. The van der Waals surface area contributed by atoms with Crippen LogP contribution >= 0.6 is 0 Å². The van der Waals surface area contributed by atoms with Crippen molar-refractivity contribution in [3.05, 3.63) is 24.1 Å². The van der Waals surface area contributed by atoms with Gasteiger partial charge in [0.2, 0.25) is 0 Å². The van der Waals surface area contributed by atoms with Crippen molar-refractivity contribution in [3.63, 3.8) is 0 Å². The second kappa shape index (κ2) is 3.38. The maximum absolute atomic E-state index is 11.9. The Bertz CT molecular complexity index is 112. The van der Waals surface area contributed by atoms with Gasteiger partial charge in [0.1, 0.15) is 0 Å². The third-order valence-electron chi connectivity index (χ3n) is 0.665. The minimum atomic E-state index is -0.250. The molecule has 0 saturated carbocycles. The molecule has 0 heterocycles. The third-order valence-corrected chi connectivity index (χ3v) is 0.665. The van der Waals surface area contributed by atoms with E-state index in [9.17, 15) is 4.39 Å². The molecule has 0 radical (unpaired) electrons. The minimum Gasteiger partial charge on any atom is -0.327 e. The predicted molar refractivity (Wildman–Crippen MR) is 33.1 cm³/mol. The van der Waals surface area contributed by atoms with Gasteiger partial charge in [0, 0.05) is 6.54 Å². The number of nitrogens with two attached hydrogens (primary N) is 1. The summed E-state index contributed by atoms with van der Waals surface area (Å²) in [7, 11) is 0. The van der Waals surface area contributed by atoms with Gasteiger partial charge in [-0.2, -0.15) is 0 Å². The lowest BCUT2D eigenvalue weighted by atomic mass is 10.3. The molecule has 0 aromatic rings. The molecule has 0 rings (SSSR count). The first-order chi connectivity index (χ1) is 3.66. The van der Waals surface area contributed by atoms with E-state index >= 15 is 0 Å². The van der Waals surface area contributed by atoms with Gasteiger partial charge in [-0.3, -0.25) is 0 Å². The molecule has 1 nitrogen and oxygen atoms in total. The molecule has 2 heteroatoms. The molecular formula is C6H10FN. The molecule has 0 fully saturated rings. The van der Waals surface area contributed by atoms with Crippen molar-refractivity contribution in [3.8, 4) is 0 Å². The van der Waals surface area contributed by atoms with Gasteiger partial charge in [0.05, 0.1) is 5.83 Å². The topological polar surface area (TPSA) is 26.0 Å². The van der Waals surface area contributed by atoms with Crippen LogP contribution in [-0.4, -0.2) is 6.54 Å². The molecular weight excluding hydrogens is 105 g/mol. The highest BCUT2D eigenvalue weighted by atomic mass is 19.1. The Balaban J connectivity index is 3.70. The highest BCUT2D eigenvalue weighted by Gasteiger charge is 1.84. The Morgan fingerprint density at radius 2 is 2.38 bits per heavy atom. The van der Waals surface area contributed by atoms with Crippen LogP contribution < -0.4 is 5.73 Å². The minimum absolute atomic E-state index is 0.250. The van der Waals surface area contributed by atoms with E-state index in [1.165, 1.54) is 13.0 Å². The first-order valence-corrected chi connectivity index (χ1v) is 2.38. The molecule has 0 aromatic carbocycles. The van der Waals surface area contributed by atoms with Crippen LogP contribution in [-0.2, 0) is 0 Å². The highest BCUT2D eigenvalue weighted by molar-refractivity contribution is 5.16. The monoisotopic (exact) mass is 115 g/mol. The van der Waals surface area contributed by atoms with Gasteiger partial charge in [-0.1, -0.05) is 6.58 Å². The van der Waals surface area contributed by atoms with Gasteiger partial charge >= 0.3 is 0 Å². The molecule has 0 aliphatic heterocycles. The van der Waals surface area contributed by atoms with Crippen molar-refractivity contribution in [2.75, 3.05) is 6.54 Å². The second-order valence-corrected chi connectivity index (χ2v) is 1.59. The van der Waals surface area contributed by atoms with Crippen LogP contribution in [0.3, 0.4) is 0 Å². The summed E-state index contributed by atoms with van der Waals surface area (Å²) in [6.07, 6.45) is 1.32. The van der Waals surface area contributed by atoms with Gasteiger partial charge in [0.25, 0.3) is 0 Å². The van der Waals surface area contributed by atoms with E-state index in [-0.39, 0.29) is 5.83 Å². The molecule has 0 amide bonds. The summed E-state index contributed by atoms with van der Waals surface area (Å²) >= 11 is 0. The molecule has 0 aliphatic rings. The largest absolute Gasteiger partial charge is 0.327 e. The van der Waals surface area contributed by atoms with Crippen LogP contribution in [0.1, 0.15) is 6.92 Å². The Kier molecular flexibility index (Phi) is 3.12. The fourth-order valence-corrected chi connectivity index (χ4v) is 0.340. The van der Waals surface area contributed by atoms with E-state index in [1.807, 2.05) is 0 Å². The first kappa shape index (κ1) is 7.37. The lowest BCUT2D eigenvalue weighted by Crippen LogP contribution is -1.99. The van der Waals surface area contributed by atoms with E-state index in [0.717, 1.165) is 0 Å². The number of rotatable bonds is 2. The molecule has 0 bridgehead atoms. The standard InChI is InChI=1S/C6H10FN/c1-5(4-8)3-6(2)7/h3H,1,4,8H2,2H3. The first-order valence-electron chi connectivity index (χ1n) is 2.38. The number of halogens is 1. The molecule has 2 N–H and O–H groups in total. The van der Waals surface area contributed by atoms with Crippen molar-refractivity contribution >= 4 is 0 Å². The van der Waals surface area contributed by atoms with Crippen molar-refractivity contribution in [2.45, 2.75) is 6.92 Å². The fraction of sp³-hybridized carbons (Fsp3) is 0.333. The molecule has 8 heavy (non-hydrogen) atoms. The lowest BCUT2D eigenvalue weighted by molar-refractivity contribution is 0.639. The van der Waals surface area contributed by atoms with Crippen molar-refractivity contribution in [2.24, 2.45) is 5.73 Å². The van der Waals surface area contributed by atoms with Crippen LogP contribution in [0.5, 0.6) is 0 Å². The van der Waals surface area contributed by atoms with E-state index in [4.69, 9.17) is 5.73 Å². The number of allylic oxidation sites excluding steroid dienone is 1. The fourth-order valence-electron chi connectivity index (χ4n) is 0.340. The van der Waals surface area contributed by atoms with Crippen molar-refractivity contribution < 1.29 is 4.39 Å². The molecule has 0 aromatic heterocycles.